The average Bonchev–Trinajstić information content (AvgIpc) is 2.81. The van der Waals surface area contributed by atoms with E-state index in [1.165, 1.54) is 0 Å². The maximum absolute atomic E-state index is 13.2. The maximum Gasteiger partial charge on any atom is 0.410 e. The Labute approximate surface area is 196 Å². The molecule has 0 radical (unpaired) electrons. The minimum Gasteiger partial charge on any atom is -0.445 e. The van der Waals surface area contributed by atoms with Crippen LogP contribution in [-0.4, -0.2) is 59.9 Å². The highest BCUT2D eigenvalue weighted by Gasteiger charge is 2.39. The van der Waals surface area contributed by atoms with E-state index >= 15 is 0 Å². The molecular weight excluding hydrogens is 420 g/mol. The third-order valence-corrected chi connectivity index (χ3v) is 5.51. The largest absolute Gasteiger partial charge is 0.445 e. The van der Waals surface area contributed by atoms with Crippen molar-refractivity contribution in [3.8, 4) is 0 Å². The second-order valence-electron chi connectivity index (χ2n) is 9.21. The van der Waals surface area contributed by atoms with Gasteiger partial charge in [-0.1, -0.05) is 60.7 Å². The fourth-order valence-electron chi connectivity index (χ4n) is 3.88. The Kier molecular flexibility index (Phi) is 8.33. The van der Waals surface area contributed by atoms with Crippen LogP contribution in [0.4, 0.5) is 9.59 Å². The van der Waals surface area contributed by atoms with Crippen molar-refractivity contribution in [2.75, 3.05) is 20.2 Å². The van der Waals surface area contributed by atoms with Crippen molar-refractivity contribution in [1.82, 2.24) is 9.80 Å². The van der Waals surface area contributed by atoms with Gasteiger partial charge in [0.1, 0.15) is 12.2 Å². The first-order valence-electron chi connectivity index (χ1n) is 11.3. The number of ether oxygens (including phenoxy) is 3. The van der Waals surface area contributed by atoms with Crippen LogP contribution < -0.4 is 0 Å². The lowest BCUT2D eigenvalue weighted by atomic mass is 9.99. The molecule has 0 bridgehead atoms. The number of piperidine rings is 1. The van der Waals surface area contributed by atoms with E-state index in [0.717, 1.165) is 11.1 Å². The van der Waals surface area contributed by atoms with Gasteiger partial charge in [0, 0.05) is 20.2 Å². The summed E-state index contributed by atoms with van der Waals surface area (Å²) in [6, 6.07) is 19.2. The molecular formula is C26H34N2O5. The highest BCUT2D eigenvalue weighted by molar-refractivity contribution is 5.69. The van der Waals surface area contributed by atoms with Crippen LogP contribution >= 0.6 is 0 Å². The molecule has 2 aromatic carbocycles. The summed E-state index contributed by atoms with van der Waals surface area (Å²) < 4.78 is 16.9. The lowest BCUT2D eigenvalue weighted by molar-refractivity contribution is -0.0466. The second kappa shape index (κ2) is 11.2. The molecule has 178 valence electrons. The first-order chi connectivity index (χ1) is 15.8. The summed E-state index contributed by atoms with van der Waals surface area (Å²) in [4.78, 5) is 29.2. The van der Waals surface area contributed by atoms with Crippen molar-refractivity contribution in [1.29, 1.82) is 0 Å². The van der Waals surface area contributed by atoms with E-state index in [2.05, 4.69) is 0 Å². The van der Waals surface area contributed by atoms with Gasteiger partial charge in [0.2, 0.25) is 0 Å². The Hall–Kier alpha value is -3.06. The summed E-state index contributed by atoms with van der Waals surface area (Å²) in [5.41, 5.74) is 1.35. The molecule has 0 aliphatic carbocycles. The van der Waals surface area contributed by atoms with E-state index < -0.39 is 11.7 Å². The fourth-order valence-corrected chi connectivity index (χ4v) is 3.88. The minimum atomic E-state index is -0.572. The van der Waals surface area contributed by atoms with Crippen LogP contribution in [-0.2, 0) is 27.4 Å². The molecule has 0 unspecified atom stereocenters. The van der Waals surface area contributed by atoms with Gasteiger partial charge in [-0.3, -0.25) is 4.90 Å². The third-order valence-electron chi connectivity index (χ3n) is 5.51. The molecule has 0 spiro atoms. The lowest BCUT2D eigenvalue weighted by Gasteiger charge is -2.42. The van der Waals surface area contributed by atoms with Crippen LogP contribution in [0.2, 0.25) is 0 Å². The minimum absolute atomic E-state index is 0.194. The van der Waals surface area contributed by atoms with Gasteiger partial charge in [-0.05, 0) is 38.3 Å². The Balaban J connectivity index is 1.74. The van der Waals surface area contributed by atoms with Gasteiger partial charge in [-0.25, -0.2) is 9.59 Å². The number of carbonyl (C=O) groups excluding carboxylic acids is 2. The van der Waals surface area contributed by atoms with Crippen molar-refractivity contribution in [3.63, 3.8) is 0 Å². The molecule has 1 aliphatic rings. The van der Waals surface area contributed by atoms with E-state index in [9.17, 15) is 9.59 Å². The standard InChI is InChI=1S/C26H34N2O5/c1-26(2,3)33-24(29)27-16-15-22(23(18-27)31-4)28(17-20-11-7-5-8-12-20)25(30)32-19-21-13-9-6-10-14-21/h5-14,22-23H,15-19H2,1-4H3/t22-,23+/m1/s1. The number of amides is 2. The predicted octanol–water partition coefficient (Wildman–Crippen LogP) is 4.85. The summed E-state index contributed by atoms with van der Waals surface area (Å²) in [5, 5.41) is 0. The van der Waals surface area contributed by atoms with Gasteiger partial charge >= 0.3 is 12.2 Å². The van der Waals surface area contributed by atoms with Gasteiger partial charge in [0.05, 0.1) is 18.7 Å². The number of carbonyl (C=O) groups is 2. The van der Waals surface area contributed by atoms with Crippen molar-refractivity contribution in [3.05, 3.63) is 71.8 Å². The zero-order chi connectivity index (χ0) is 23.8. The Morgan fingerprint density at radius 3 is 2.18 bits per heavy atom. The summed E-state index contributed by atoms with van der Waals surface area (Å²) in [6.07, 6.45) is -0.575. The van der Waals surface area contributed by atoms with Gasteiger partial charge in [0.15, 0.2) is 0 Å². The Bertz CT molecular complexity index is 898. The molecule has 7 nitrogen and oxygen atoms in total. The summed E-state index contributed by atoms with van der Waals surface area (Å²) in [5.74, 6) is 0. The van der Waals surface area contributed by atoms with E-state index in [1.54, 1.807) is 16.9 Å². The molecule has 0 aromatic heterocycles. The Morgan fingerprint density at radius 1 is 1.00 bits per heavy atom. The van der Waals surface area contributed by atoms with Crippen LogP contribution in [0.25, 0.3) is 0 Å². The van der Waals surface area contributed by atoms with Crippen molar-refractivity contribution in [2.45, 2.75) is 58.1 Å². The van der Waals surface area contributed by atoms with Gasteiger partial charge in [-0.15, -0.1) is 0 Å². The van der Waals surface area contributed by atoms with E-state index in [4.69, 9.17) is 14.2 Å². The third kappa shape index (κ3) is 7.22. The number of rotatable bonds is 6. The topological polar surface area (TPSA) is 68.3 Å². The predicted molar refractivity (Wildman–Crippen MR) is 126 cm³/mol. The molecule has 0 saturated carbocycles. The van der Waals surface area contributed by atoms with Crippen LogP contribution in [0.15, 0.2) is 60.7 Å². The fraction of sp³-hybridized carbons (Fsp3) is 0.462. The first kappa shape index (κ1) is 24.6. The molecule has 0 N–H and O–H groups in total. The van der Waals surface area contributed by atoms with Crippen molar-refractivity contribution >= 4 is 12.2 Å². The van der Waals surface area contributed by atoms with Crippen LogP contribution in [0, 0.1) is 0 Å². The lowest BCUT2D eigenvalue weighted by Crippen LogP contribution is -2.57. The number of hydrogen-bond donors (Lipinski definition) is 0. The average molecular weight is 455 g/mol. The molecule has 1 aliphatic heterocycles. The SMILES string of the molecule is CO[C@H]1CN(C(=O)OC(C)(C)C)CC[C@H]1N(Cc1ccccc1)C(=O)OCc1ccccc1. The van der Waals surface area contributed by atoms with Crippen LogP contribution in [0.1, 0.15) is 38.3 Å². The molecule has 2 aromatic rings. The number of likely N-dealkylation sites (tertiary alicyclic amines) is 1. The normalized spacial score (nSPS) is 18.5. The van der Waals surface area contributed by atoms with Crippen LogP contribution in [0.3, 0.4) is 0 Å². The quantitative estimate of drug-likeness (QED) is 0.624. The molecule has 7 heteroatoms. The van der Waals surface area contributed by atoms with Gasteiger partial charge in [-0.2, -0.15) is 0 Å². The highest BCUT2D eigenvalue weighted by atomic mass is 16.6. The Morgan fingerprint density at radius 2 is 1.61 bits per heavy atom. The molecule has 1 fully saturated rings. The van der Waals surface area contributed by atoms with E-state index in [-0.39, 0.29) is 24.8 Å². The monoisotopic (exact) mass is 454 g/mol. The zero-order valence-corrected chi connectivity index (χ0v) is 19.9. The highest BCUT2D eigenvalue weighted by Crippen LogP contribution is 2.24. The van der Waals surface area contributed by atoms with Crippen LogP contribution in [0.5, 0.6) is 0 Å². The number of methoxy groups -OCH3 is 1. The number of nitrogens with zero attached hydrogens (tertiary/aromatic N) is 2. The second-order valence-corrected chi connectivity index (χ2v) is 9.21. The van der Waals surface area contributed by atoms with Crippen molar-refractivity contribution < 1.29 is 23.8 Å². The summed E-state index contributed by atoms with van der Waals surface area (Å²) in [7, 11) is 1.60. The first-order valence-corrected chi connectivity index (χ1v) is 11.3. The molecule has 3 rings (SSSR count). The van der Waals surface area contributed by atoms with Gasteiger partial charge in [0.25, 0.3) is 0 Å². The summed E-state index contributed by atoms with van der Waals surface area (Å²) >= 11 is 0. The van der Waals surface area contributed by atoms with Gasteiger partial charge < -0.3 is 19.1 Å². The molecule has 1 heterocycles. The van der Waals surface area contributed by atoms with E-state index in [0.29, 0.717) is 26.1 Å². The molecule has 1 saturated heterocycles. The molecule has 2 atom stereocenters. The smallest absolute Gasteiger partial charge is 0.410 e. The molecule has 2 amide bonds. The number of benzene rings is 2. The maximum atomic E-state index is 13.2. The van der Waals surface area contributed by atoms with Crippen molar-refractivity contribution in [2.24, 2.45) is 0 Å². The zero-order valence-electron chi connectivity index (χ0n) is 19.9. The van der Waals surface area contributed by atoms with E-state index in [1.807, 2.05) is 81.4 Å². The summed E-state index contributed by atoms with van der Waals surface area (Å²) in [6.45, 7) is 6.93. The molecule has 33 heavy (non-hydrogen) atoms. The number of hydrogen-bond acceptors (Lipinski definition) is 5.